The van der Waals surface area contributed by atoms with Gasteiger partial charge in [0.05, 0.1) is 11.7 Å². The molecule has 0 radical (unpaired) electrons. The van der Waals surface area contributed by atoms with Crippen molar-refractivity contribution >= 4 is 15.9 Å². The molecule has 3 aliphatic rings. The number of piperazine rings is 1. The summed E-state index contributed by atoms with van der Waals surface area (Å²) < 4.78 is 25.8. The Balaban J connectivity index is 1.47. The van der Waals surface area contributed by atoms with E-state index < -0.39 is 10.0 Å². The van der Waals surface area contributed by atoms with Gasteiger partial charge in [0.25, 0.3) is 0 Å². The van der Waals surface area contributed by atoms with Crippen LogP contribution in [0.2, 0.25) is 0 Å². The van der Waals surface area contributed by atoms with Crippen LogP contribution in [-0.2, 0) is 14.8 Å². The average Bonchev–Trinajstić information content (AvgIpc) is 2.69. The zero-order valence-electron chi connectivity index (χ0n) is 16.2. The van der Waals surface area contributed by atoms with Crippen molar-refractivity contribution in [2.45, 2.75) is 51.9 Å². The number of carbonyl (C=O) groups is 1. The monoisotopic (exact) mass is 385 g/mol. The molecule has 2 heterocycles. The zero-order valence-corrected chi connectivity index (χ0v) is 17.1. The van der Waals surface area contributed by atoms with Crippen molar-refractivity contribution in [1.29, 1.82) is 0 Å². The molecule has 3 rings (SSSR count). The number of piperidine rings is 1. The van der Waals surface area contributed by atoms with Crippen molar-refractivity contribution in [2.75, 3.05) is 51.6 Å². The first-order valence-electron chi connectivity index (χ1n) is 10.5. The lowest BCUT2D eigenvalue weighted by Gasteiger charge is -2.40. The second kappa shape index (κ2) is 9.02. The quantitative estimate of drug-likeness (QED) is 0.724. The Labute approximate surface area is 158 Å². The van der Waals surface area contributed by atoms with Gasteiger partial charge in [-0.05, 0) is 38.5 Å². The van der Waals surface area contributed by atoms with Crippen molar-refractivity contribution in [3.8, 4) is 0 Å². The topological polar surface area (TPSA) is 60.9 Å². The number of amides is 1. The van der Waals surface area contributed by atoms with Gasteiger partial charge in [0.15, 0.2) is 0 Å². The molecule has 1 atom stereocenters. The van der Waals surface area contributed by atoms with Gasteiger partial charge in [-0.25, -0.2) is 12.7 Å². The fourth-order valence-electron chi connectivity index (χ4n) is 4.72. The minimum Gasteiger partial charge on any atom is -0.340 e. The fourth-order valence-corrected chi connectivity index (χ4v) is 5.90. The second-order valence-electron chi connectivity index (χ2n) is 8.23. The summed E-state index contributed by atoms with van der Waals surface area (Å²) >= 11 is 0. The number of rotatable bonds is 5. The summed E-state index contributed by atoms with van der Waals surface area (Å²) in [6.45, 7) is 7.32. The van der Waals surface area contributed by atoms with Crippen LogP contribution in [-0.4, -0.2) is 80.0 Å². The predicted octanol–water partition coefficient (Wildman–Crippen LogP) is 1.77. The van der Waals surface area contributed by atoms with Gasteiger partial charge in [-0.1, -0.05) is 19.3 Å². The van der Waals surface area contributed by atoms with E-state index in [1.165, 1.54) is 43.0 Å². The van der Waals surface area contributed by atoms with E-state index in [-0.39, 0.29) is 17.6 Å². The van der Waals surface area contributed by atoms with Gasteiger partial charge in [0, 0.05) is 45.8 Å². The highest BCUT2D eigenvalue weighted by molar-refractivity contribution is 7.89. The molecule has 1 saturated carbocycles. The molecular weight excluding hydrogens is 350 g/mol. The van der Waals surface area contributed by atoms with Crippen LogP contribution in [0.5, 0.6) is 0 Å². The maximum absolute atomic E-state index is 12.9. The maximum atomic E-state index is 12.9. The van der Waals surface area contributed by atoms with Crippen molar-refractivity contribution in [3.63, 3.8) is 0 Å². The molecule has 2 aliphatic heterocycles. The molecule has 0 spiro atoms. The molecule has 0 aromatic rings. The van der Waals surface area contributed by atoms with Crippen molar-refractivity contribution in [2.24, 2.45) is 11.8 Å². The largest absolute Gasteiger partial charge is 0.340 e. The molecule has 26 heavy (non-hydrogen) atoms. The van der Waals surface area contributed by atoms with E-state index in [0.29, 0.717) is 13.1 Å². The highest BCUT2D eigenvalue weighted by atomic mass is 32.2. The summed E-state index contributed by atoms with van der Waals surface area (Å²) in [5, 5.41) is 0. The Kier molecular flexibility index (Phi) is 6.97. The van der Waals surface area contributed by atoms with E-state index in [9.17, 15) is 13.2 Å². The summed E-state index contributed by atoms with van der Waals surface area (Å²) in [5.74, 6) is 0.971. The highest BCUT2D eigenvalue weighted by Gasteiger charge is 2.34. The summed E-state index contributed by atoms with van der Waals surface area (Å²) in [7, 11) is -3.19. The molecule has 7 heteroatoms. The van der Waals surface area contributed by atoms with Crippen molar-refractivity contribution in [1.82, 2.24) is 14.1 Å². The molecule has 0 aromatic carbocycles. The van der Waals surface area contributed by atoms with Crippen LogP contribution >= 0.6 is 0 Å². The molecule has 150 valence electrons. The molecule has 1 unspecified atom stereocenters. The first-order valence-corrected chi connectivity index (χ1v) is 12.1. The molecule has 3 fully saturated rings. The fraction of sp³-hybridized carbons (Fsp3) is 0.947. The number of carbonyl (C=O) groups excluding carboxylic acids is 1. The maximum Gasteiger partial charge on any atom is 0.227 e. The van der Waals surface area contributed by atoms with Gasteiger partial charge >= 0.3 is 0 Å². The lowest BCUT2D eigenvalue weighted by atomic mass is 9.89. The van der Waals surface area contributed by atoms with Crippen LogP contribution in [0.4, 0.5) is 0 Å². The van der Waals surface area contributed by atoms with Crippen LogP contribution in [0.1, 0.15) is 51.9 Å². The van der Waals surface area contributed by atoms with E-state index in [1.54, 1.807) is 6.92 Å². The number of hydrogen-bond donors (Lipinski definition) is 0. The molecule has 6 nitrogen and oxygen atoms in total. The summed E-state index contributed by atoms with van der Waals surface area (Å²) in [6.07, 6.45) is 8.48. The molecular formula is C19H35N3O3S. The molecule has 2 saturated heterocycles. The van der Waals surface area contributed by atoms with Crippen molar-refractivity contribution in [3.05, 3.63) is 0 Å². The van der Waals surface area contributed by atoms with Crippen molar-refractivity contribution < 1.29 is 13.2 Å². The number of nitrogens with zero attached hydrogens (tertiary/aromatic N) is 3. The van der Waals surface area contributed by atoms with Crippen LogP contribution in [0.25, 0.3) is 0 Å². The second-order valence-corrected chi connectivity index (χ2v) is 10.5. The normalized spacial score (nSPS) is 27.6. The van der Waals surface area contributed by atoms with Crippen LogP contribution in [0, 0.1) is 11.8 Å². The van der Waals surface area contributed by atoms with Crippen LogP contribution in [0.15, 0.2) is 0 Å². The SMILES string of the molecule is CCS(=O)(=O)N1CCCC(C(=O)N2CCN(CC3CCCCC3)CC2)C1. The first kappa shape index (κ1) is 20.1. The van der Waals surface area contributed by atoms with Gasteiger partial charge in [-0.3, -0.25) is 9.69 Å². The van der Waals surface area contributed by atoms with E-state index in [0.717, 1.165) is 44.9 Å². The molecule has 0 bridgehead atoms. The van der Waals surface area contributed by atoms with Gasteiger partial charge in [-0.2, -0.15) is 0 Å². The van der Waals surface area contributed by atoms with Crippen LogP contribution < -0.4 is 0 Å². The lowest BCUT2D eigenvalue weighted by Crippen LogP contribution is -2.53. The minimum atomic E-state index is -3.19. The van der Waals surface area contributed by atoms with Gasteiger partial charge < -0.3 is 4.90 Å². The van der Waals surface area contributed by atoms with Gasteiger partial charge in [-0.15, -0.1) is 0 Å². The number of hydrogen-bond acceptors (Lipinski definition) is 4. The van der Waals surface area contributed by atoms with E-state index in [4.69, 9.17) is 0 Å². The molecule has 1 aliphatic carbocycles. The lowest BCUT2D eigenvalue weighted by molar-refractivity contribution is -0.138. The minimum absolute atomic E-state index is 0.119. The molecule has 0 N–H and O–H groups in total. The molecule has 1 amide bonds. The Morgan fingerprint density at radius 1 is 0.923 bits per heavy atom. The van der Waals surface area contributed by atoms with E-state index in [1.807, 2.05) is 4.90 Å². The van der Waals surface area contributed by atoms with Crippen LogP contribution in [0.3, 0.4) is 0 Å². The Morgan fingerprint density at radius 2 is 1.62 bits per heavy atom. The predicted molar refractivity (Wildman–Crippen MR) is 103 cm³/mol. The smallest absolute Gasteiger partial charge is 0.227 e. The number of sulfonamides is 1. The Morgan fingerprint density at radius 3 is 2.27 bits per heavy atom. The first-order chi connectivity index (χ1) is 12.5. The average molecular weight is 386 g/mol. The molecule has 0 aromatic heterocycles. The van der Waals surface area contributed by atoms with Gasteiger partial charge in [0.1, 0.15) is 0 Å². The third-order valence-corrected chi connectivity index (χ3v) is 8.26. The van der Waals surface area contributed by atoms with E-state index >= 15 is 0 Å². The van der Waals surface area contributed by atoms with Gasteiger partial charge in [0.2, 0.25) is 15.9 Å². The summed E-state index contributed by atoms with van der Waals surface area (Å²) in [4.78, 5) is 17.4. The third kappa shape index (κ3) is 4.98. The van der Waals surface area contributed by atoms with E-state index in [2.05, 4.69) is 4.90 Å². The Hall–Kier alpha value is -0.660. The Bertz CT molecular complexity index is 567. The zero-order chi connectivity index (χ0) is 18.6. The summed E-state index contributed by atoms with van der Waals surface area (Å²) in [6, 6.07) is 0. The highest BCUT2D eigenvalue weighted by Crippen LogP contribution is 2.25. The standard InChI is InChI=1S/C19H35N3O3S/c1-2-26(24,25)22-10-6-9-18(16-22)19(23)21-13-11-20(12-14-21)15-17-7-4-3-5-8-17/h17-18H,2-16H2,1H3. The third-order valence-electron chi connectivity index (χ3n) is 6.42. The summed E-state index contributed by atoms with van der Waals surface area (Å²) in [5.41, 5.74) is 0.